The maximum absolute atomic E-state index is 10.7. The molecule has 162 valence electrons. The molecule has 0 spiro atoms. The Bertz CT molecular complexity index is 918. The maximum atomic E-state index is 10.7. The largest absolute Gasteiger partial charge is 0.493 e. The molecule has 1 fully saturated rings. The predicted molar refractivity (Wildman–Crippen MR) is 109 cm³/mol. The van der Waals surface area contributed by atoms with Gasteiger partial charge in [0.2, 0.25) is 5.79 Å². The zero-order chi connectivity index (χ0) is 21.5. The number of hydrogen-bond acceptors (Lipinski definition) is 7. The highest BCUT2D eigenvalue weighted by Gasteiger charge is 2.55. The van der Waals surface area contributed by atoms with Crippen molar-refractivity contribution in [3.63, 3.8) is 0 Å². The van der Waals surface area contributed by atoms with Gasteiger partial charge >= 0.3 is 0 Å². The van der Waals surface area contributed by atoms with Crippen LogP contribution in [0.15, 0.2) is 36.4 Å². The van der Waals surface area contributed by atoms with Gasteiger partial charge in [0.25, 0.3) is 0 Å². The molecule has 0 radical (unpaired) electrons. The fourth-order valence-corrected chi connectivity index (χ4v) is 4.35. The van der Waals surface area contributed by atoms with Crippen molar-refractivity contribution < 1.29 is 34.6 Å². The zero-order valence-corrected chi connectivity index (χ0v) is 17.2. The molecule has 0 amide bonds. The van der Waals surface area contributed by atoms with Gasteiger partial charge in [-0.15, -0.1) is 0 Å². The van der Waals surface area contributed by atoms with Gasteiger partial charge in [-0.1, -0.05) is 29.8 Å². The number of hydrogen-bond donors (Lipinski definition) is 4. The fourth-order valence-electron chi connectivity index (χ4n) is 4.16. The highest BCUT2D eigenvalue weighted by Crippen LogP contribution is 2.40. The molecule has 0 bridgehead atoms. The highest BCUT2D eigenvalue weighted by atomic mass is 35.5. The Kier molecular flexibility index (Phi) is 6.05. The van der Waals surface area contributed by atoms with E-state index in [0.717, 1.165) is 28.9 Å². The predicted octanol–water partition coefficient (Wildman–Crippen LogP) is 1.14. The molecule has 8 heteroatoms. The van der Waals surface area contributed by atoms with Gasteiger partial charge in [0, 0.05) is 24.1 Å². The lowest BCUT2D eigenvalue weighted by atomic mass is 9.87. The van der Waals surface area contributed by atoms with Crippen molar-refractivity contribution in [2.24, 2.45) is 0 Å². The summed E-state index contributed by atoms with van der Waals surface area (Å²) in [7, 11) is 1.33. The van der Waals surface area contributed by atoms with Crippen LogP contribution in [0.2, 0.25) is 5.02 Å². The second-order valence-electron chi connectivity index (χ2n) is 7.66. The summed E-state index contributed by atoms with van der Waals surface area (Å²) in [5.41, 5.74) is 3.41. The lowest BCUT2D eigenvalue weighted by molar-refractivity contribution is -0.366. The molecule has 2 heterocycles. The first-order valence-electron chi connectivity index (χ1n) is 9.81. The van der Waals surface area contributed by atoms with E-state index in [1.165, 1.54) is 7.11 Å². The Morgan fingerprint density at radius 3 is 2.67 bits per heavy atom. The van der Waals surface area contributed by atoms with E-state index in [1.54, 1.807) is 18.2 Å². The number of halogens is 1. The van der Waals surface area contributed by atoms with Crippen molar-refractivity contribution in [1.82, 2.24) is 0 Å². The average Bonchev–Trinajstić information content (AvgIpc) is 3.22. The smallest absolute Gasteiger partial charge is 0.224 e. The van der Waals surface area contributed by atoms with Crippen LogP contribution < -0.4 is 4.74 Å². The van der Waals surface area contributed by atoms with E-state index in [-0.39, 0.29) is 0 Å². The van der Waals surface area contributed by atoms with Crippen LogP contribution >= 0.6 is 11.6 Å². The zero-order valence-electron chi connectivity index (χ0n) is 16.5. The van der Waals surface area contributed by atoms with Crippen molar-refractivity contribution in [2.45, 2.75) is 43.0 Å². The maximum Gasteiger partial charge on any atom is 0.224 e. The van der Waals surface area contributed by atoms with E-state index in [1.807, 2.05) is 12.1 Å². The number of methoxy groups -OCH3 is 1. The SMILES string of the molecule is CO[C@@]1(c2ccc(Cl)c(Cc3ccc4c(c3)CCO4)c2)OC(CO)[C@@H](O)[C@H](O)[C@H]1O. The number of fused-ring (bicyclic) bond motifs is 1. The minimum Gasteiger partial charge on any atom is -0.493 e. The van der Waals surface area contributed by atoms with Gasteiger partial charge in [-0.2, -0.15) is 0 Å². The first-order valence-corrected chi connectivity index (χ1v) is 10.2. The van der Waals surface area contributed by atoms with Gasteiger partial charge in [0.1, 0.15) is 30.2 Å². The molecule has 2 aliphatic heterocycles. The molecule has 2 aromatic carbocycles. The first kappa shape index (κ1) is 21.5. The summed E-state index contributed by atoms with van der Waals surface area (Å²) in [5, 5.41) is 41.2. The third-order valence-corrected chi connectivity index (χ3v) is 6.22. The first-order chi connectivity index (χ1) is 14.4. The molecular formula is C22H25ClO7. The van der Waals surface area contributed by atoms with Crippen LogP contribution in [0.4, 0.5) is 0 Å². The molecule has 2 aliphatic rings. The van der Waals surface area contributed by atoms with E-state index in [0.29, 0.717) is 23.6 Å². The Hall–Kier alpha value is -1.71. The molecule has 5 atom stereocenters. The van der Waals surface area contributed by atoms with Crippen LogP contribution in [0.25, 0.3) is 0 Å². The van der Waals surface area contributed by atoms with E-state index in [9.17, 15) is 20.4 Å². The summed E-state index contributed by atoms with van der Waals surface area (Å²) >= 11 is 6.44. The number of benzene rings is 2. The van der Waals surface area contributed by atoms with Crippen LogP contribution in [0.5, 0.6) is 5.75 Å². The van der Waals surface area contributed by atoms with Gasteiger partial charge in [0.05, 0.1) is 13.2 Å². The molecule has 0 aromatic heterocycles. The minimum atomic E-state index is -1.77. The summed E-state index contributed by atoms with van der Waals surface area (Å²) in [6, 6.07) is 11.1. The van der Waals surface area contributed by atoms with Crippen LogP contribution in [-0.4, -0.2) is 65.2 Å². The Morgan fingerprint density at radius 1 is 1.13 bits per heavy atom. The molecule has 2 aromatic rings. The number of ether oxygens (including phenoxy) is 3. The quantitative estimate of drug-likeness (QED) is 0.556. The number of aliphatic hydroxyl groups excluding tert-OH is 4. The van der Waals surface area contributed by atoms with Crippen LogP contribution in [0, 0.1) is 0 Å². The number of rotatable bonds is 5. The van der Waals surface area contributed by atoms with E-state index >= 15 is 0 Å². The van der Waals surface area contributed by atoms with E-state index in [4.69, 9.17) is 25.8 Å². The van der Waals surface area contributed by atoms with Crippen LogP contribution in [-0.2, 0) is 28.1 Å². The molecule has 7 nitrogen and oxygen atoms in total. The molecule has 1 saturated heterocycles. The van der Waals surface area contributed by atoms with Crippen molar-refractivity contribution >= 4 is 11.6 Å². The van der Waals surface area contributed by atoms with Gasteiger partial charge in [-0.05, 0) is 41.3 Å². The van der Waals surface area contributed by atoms with Crippen molar-refractivity contribution in [1.29, 1.82) is 0 Å². The average molecular weight is 437 g/mol. The van der Waals surface area contributed by atoms with Gasteiger partial charge in [-0.3, -0.25) is 0 Å². The van der Waals surface area contributed by atoms with E-state index in [2.05, 4.69) is 6.07 Å². The summed E-state index contributed by atoms with van der Waals surface area (Å²) in [6.07, 6.45) is -4.32. The Morgan fingerprint density at radius 2 is 1.93 bits per heavy atom. The molecule has 0 saturated carbocycles. The van der Waals surface area contributed by atoms with Gasteiger partial charge in [-0.25, -0.2) is 0 Å². The Balaban J connectivity index is 1.69. The van der Waals surface area contributed by atoms with Crippen molar-refractivity contribution in [2.75, 3.05) is 20.3 Å². The molecule has 30 heavy (non-hydrogen) atoms. The third-order valence-electron chi connectivity index (χ3n) is 5.85. The summed E-state index contributed by atoms with van der Waals surface area (Å²) in [6.45, 7) is 0.133. The lowest BCUT2D eigenvalue weighted by Crippen LogP contribution is -2.64. The lowest BCUT2D eigenvalue weighted by Gasteiger charge is -2.47. The second-order valence-corrected chi connectivity index (χ2v) is 8.07. The monoisotopic (exact) mass is 436 g/mol. The highest BCUT2D eigenvalue weighted by molar-refractivity contribution is 6.31. The number of aliphatic hydroxyl groups is 4. The fraction of sp³-hybridized carbons (Fsp3) is 0.455. The summed E-state index contributed by atoms with van der Waals surface area (Å²) in [5.74, 6) is -0.866. The molecule has 0 aliphatic carbocycles. The van der Waals surface area contributed by atoms with Gasteiger partial charge < -0.3 is 34.6 Å². The molecule has 1 unspecified atom stereocenters. The summed E-state index contributed by atoms with van der Waals surface area (Å²) in [4.78, 5) is 0. The van der Waals surface area contributed by atoms with E-state index < -0.39 is 36.8 Å². The molecule has 4 rings (SSSR count). The Labute approximate surface area is 179 Å². The molecular weight excluding hydrogens is 412 g/mol. The second kappa shape index (κ2) is 8.43. The van der Waals surface area contributed by atoms with Crippen molar-refractivity contribution in [3.05, 3.63) is 63.7 Å². The van der Waals surface area contributed by atoms with Gasteiger partial charge in [0.15, 0.2) is 0 Å². The van der Waals surface area contributed by atoms with Crippen LogP contribution in [0.3, 0.4) is 0 Å². The third kappa shape index (κ3) is 3.61. The topological polar surface area (TPSA) is 109 Å². The van der Waals surface area contributed by atoms with Crippen molar-refractivity contribution in [3.8, 4) is 5.75 Å². The standard InChI is InChI=1S/C22H25ClO7/c1-28-22(21(27)20(26)19(25)18(11-24)30-22)15-3-4-16(23)14(10-15)9-12-2-5-17-13(8-12)6-7-29-17/h2-5,8,10,18-21,24-27H,6-7,9,11H2,1H3/t18?,19-,20+,21-,22+/m1/s1. The van der Waals surface area contributed by atoms with Crippen LogP contribution in [0.1, 0.15) is 22.3 Å². The molecule has 4 N–H and O–H groups in total. The normalized spacial score (nSPS) is 30.7. The summed E-state index contributed by atoms with van der Waals surface area (Å²) < 4.78 is 16.8. The minimum absolute atomic E-state index is 0.422.